The van der Waals surface area contributed by atoms with Gasteiger partial charge in [0.1, 0.15) is 17.0 Å². The summed E-state index contributed by atoms with van der Waals surface area (Å²) in [5.74, 6) is 0.563. The number of hydrogen-bond acceptors (Lipinski definition) is 4. The van der Waals surface area contributed by atoms with E-state index in [0.29, 0.717) is 54.8 Å². The normalized spacial score (nSPS) is 23.5. The largest absolute Gasteiger partial charge is 0.354 e. The molecular weight excluding hydrogens is 406 g/mol. The fourth-order valence-electron chi connectivity index (χ4n) is 4.96. The van der Waals surface area contributed by atoms with Gasteiger partial charge in [-0.15, -0.1) is 0 Å². The monoisotopic (exact) mass is 439 g/mol. The summed E-state index contributed by atoms with van der Waals surface area (Å²) in [6.45, 7) is 8.80. The molecule has 8 nitrogen and oxygen atoms in total. The number of imidazole rings is 1. The Labute approximate surface area is 188 Å². The molecule has 2 fully saturated rings. The molecule has 0 bridgehead atoms. The lowest BCUT2D eigenvalue weighted by Gasteiger charge is -2.42. The number of carbonyl (C=O) groups excluding carboxylic acids is 3. The lowest BCUT2D eigenvalue weighted by atomic mass is 9.64. The third-order valence-corrected chi connectivity index (χ3v) is 7.40. The van der Waals surface area contributed by atoms with Crippen molar-refractivity contribution >= 4 is 23.4 Å². The lowest BCUT2D eigenvalue weighted by Crippen LogP contribution is -2.40. The molecule has 1 saturated carbocycles. The summed E-state index contributed by atoms with van der Waals surface area (Å²) in [4.78, 5) is 43.6. The smallest absolute Gasteiger partial charge is 0.274 e. The second-order valence-corrected chi connectivity index (χ2v) is 9.80. The molecule has 1 aliphatic heterocycles. The topological polar surface area (TPSA) is 95.8 Å². The minimum Gasteiger partial charge on any atom is -0.354 e. The Morgan fingerprint density at radius 3 is 2.91 bits per heavy atom. The van der Waals surface area contributed by atoms with Crippen molar-refractivity contribution in [3.63, 3.8) is 0 Å². The van der Waals surface area contributed by atoms with Crippen molar-refractivity contribution in [3.8, 4) is 0 Å². The van der Waals surface area contributed by atoms with Crippen LogP contribution >= 0.6 is 0 Å². The van der Waals surface area contributed by atoms with E-state index in [1.165, 1.54) is 12.8 Å². The summed E-state index contributed by atoms with van der Waals surface area (Å²) in [7, 11) is 0. The molecule has 2 aromatic heterocycles. The van der Waals surface area contributed by atoms with E-state index in [1.54, 1.807) is 33.7 Å². The third kappa shape index (κ3) is 4.49. The molecule has 3 heterocycles. The molecule has 2 aliphatic rings. The second kappa shape index (κ2) is 8.92. The molecule has 0 aromatic carbocycles. The van der Waals surface area contributed by atoms with Crippen LogP contribution in [0.25, 0.3) is 5.65 Å². The predicted molar refractivity (Wildman–Crippen MR) is 121 cm³/mol. The summed E-state index contributed by atoms with van der Waals surface area (Å²) in [5, 5.41) is 5.88. The third-order valence-electron chi connectivity index (χ3n) is 7.40. The van der Waals surface area contributed by atoms with Crippen LogP contribution in [0.15, 0.2) is 24.4 Å². The van der Waals surface area contributed by atoms with E-state index in [2.05, 4.69) is 36.4 Å². The van der Waals surface area contributed by atoms with E-state index in [1.807, 2.05) is 0 Å². The summed E-state index contributed by atoms with van der Waals surface area (Å²) in [5.41, 5.74) is 1.59. The van der Waals surface area contributed by atoms with E-state index in [4.69, 9.17) is 0 Å². The van der Waals surface area contributed by atoms with Gasteiger partial charge in [0.25, 0.3) is 11.8 Å². The molecule has 3 amide bonds. The van der Waals surface area contributed by atoms with Gasteiger partial charge in [0.15, 0.2) is 0 Å². The zero-order valence-corrected chi connectivity index (χ0v) is 19.2. The van der Waals surface area contributed by atoms with Crippen molar-refractivity contribution in [2.24, 2.45) is 17.3 Å². The number of rotatable bonds is 4. The van der Waals surface area contributed by atoms with Gasteiger partial charge < -0.3 is 15.5 Å². The number of aromatic nitrogens is 2. The molecule has 2 N–H and O–H groups in total. The van der Waals surface area contributed by atoms with Crippen LogP contribution in [0.1, 0.15) is 67.4 Å². The van der Waals surface area contributed by atoms with E-state index < -0.39 is 0 Å². The van der Waals surface area contributed by atoms with Crippen LogP contribution in [0.5, 0.6) is 0 Å². The van der Waals surface area contributed by atoms with Gasteiger partial charge in [-0.25, -0.2) is 4.98 Å². The maximum Gasteiger partial charge on any atom is 0.274 e. The van der Waals surface area contributed by atoms with Crippen LogP contribution in [-0.4, -0.2) is 58.2 Å². The number of nitrogens with one attached hydrogen (secondary N) is 2. The number of amides is 3. The minimum absolute atomic E-state index is 0.0510. The van der Waals surface area contributed by atoms with Crippen LogP contribution in [-0.2, 0) is 4.79 Å². The highest BCUT2D eigenvalue weighted by Crippen LogP contribution is 2.43. The molecule has 1 saturated heterocycles. The van der Waals surface area contributed by atoms with Crippen LogP contribution in [0, 0.1) is 17.3 Å². The van der Waals surface area contributed by atoms with Gasteiger partial charge >= 0.3 is 0 Å². The van der Waals surface area contributed by atoms with Gasteiger partial charge in [-0.2, -0.15) is 0 Å². The highest BCUT2D eigenvalue weighted by atomic mass is 16.2. The molecule has 32 heavy (non-hydrogen) atoms. The molecule has 0 spiro atoms. The summed E-state index contributed by atoms with van der Waals surface area (Å²) in [6, 6.07) is 5.32. The predicted octanol–water partition coefficient (Wildman–Crippen LogP) is 2.49. The van der Waals surface area contributed by atoms with Crippen LogP contribution in [0.2, 0.25) is 0 Å². The van der Waals surface area contributed by atoms with Crippen molar-refractivity contribution in [1.29, 1.82) is 0 Å². The fraction of sp³-hybridized carbons (Fsp3) is 0.583. The summed E-state index contributed by atoms with van der Waals surface area (Å²) in [6.07, 6.45) is 5.46. The van der Waals surface area contributed by atoms with Gasteiger partial charge in [0.05, 0.1) is 0 Å². The molecule has 2 aromatic rings. The summed E-state index contributed by atoms with van der Waals surface area (Å²) < 4.78 is 1.68. The summed E-state index contributed by atoms with van der Waals surface area (Å²) >= 11 is 0. The van der Waals surface area contributed by atoms with Gasteiger partial charge in [-0.05, 0) is 42.2 Å². The van der Waals surface area contributed by atoms with Crippen LogP contribution in [0.3, 0.4) is 0 Å². The van der Waals surface area contributed by atoms with Gasteiger partial charge in [-0.1, -0.05) is 33.3 Å². The zero-order valence-electron chi connectivity index (χ0n) is 19.2. The molecule has 4 rings (SSSR count). The first-order chi connectivity index (χ1) is 15.3. The molecule has 8 heteroatoms. The second-order valence-electron chi connectivity index (χ2n) is 9.80. The number of fused-ring (bicyclic) bond motifs is 1. The maximum atomic E-state index is 13.0. The first-order valence-electron chi connectivity index (χ1n) is 11.6. The van der Waals surface area contributed by atoms with Gasteiger partial charge in [0, 0.05) is 38.8 Å². The van der Waals surface area contributed by atoms with Crippen molar-refractivity contribution in [2.45, 2.75) is 46.5 Å². The molecular formula is C24H33N5O3. The van der Waals surface area contributed by atoms with Crippen LogP contribution < -0.4 is 10.6 Å². The Hall–Kier alpha value is -2.90. The average molecular weight is 440 g/mol. The van der Waals surface area contributed by atoms with E-state index >= 15 is 0 Å². The van der Waals surface area contributed by atoms with Crippen molar-refractivity contribution in [2.75, 3.05) is 26.2 Å². The maximum absolute atomic E-state index is 13.0. The number of carbonyl (C=O) groups is 3. The average Bonchev–Trinajstić information content (AvgIpc) is 3.09. The quantitative estimate of drug-likeness (QED) is 0.765. The Balaban J connectivity index is 1.49. The highest BCUT2D eigenvalue weighted by molar-refractivity contribution is 5.96. The SMILES string of the molecule is CC1C(CNC(=O)c2cccc3nc(C(=O)N4CCNC(=O)CC4)cn23)CCCC1(C)C. The lowest BCUT2D eigenvalue weighted by molar-refractivity contribution is -0.120. The van der Waals surface area contributed by atoms with Crippen molar-refractivity contribution < 1.29 is 14.4 Å². The Bertz CT molecular complexity index is 1030. The van der Waals surface area contributed by atoms with E-state index in [-0.39, 0.29) is 29.8 Å². The highest BCUT2D eigenvalue weighted by Gasteiger charge is 2.35. The Kier molecular flexibility index (Phi) is 6.22. The zero-order chi connectivity index (χ0) is 22.9. The standard InChI is InChI=1S/C24H33N5O3/c1-16-17(6-5-10-24(16,2)3)14-26-22(31)19-7-4-8-20-27-18(15-29(19)20)23(32)28-12-9-21(30)25-11-13-28/h4,7-8,15-17H,5-6,9-14H2,1-3H3,(H,25,30)(H,26,31). The van der Waals surface area contributed by atoms with Gasteiger partial charge in [0.2, 0.25) is 5.91 Å². The first-order valence-corrected chi connectivity index (χ1v) is 11.6. The number of nitrogens with zero attached hydrogens (tertiary/aromatic N) is 3. The van der Waals surface area contributed by atoms with Gasteiger partial charge in [-0.3, -0.25) is 18.8 Å². The number of hydrogen-bond donors (Lipinski definition) is 2. The molecule has 172 valence electrons. The Morgan fingerprint density at radius 2 is 2.09 bits per heavy atom. The molecule has 2 unspecified atom stereocenters. The number of pyridine rings is 1. The Morgan fingerprint density at radius 1 is 1.28 bits per heavy atom. The first kappa shape index (κ1) is 22.3. The minimum atomic E-state index is -0.227. The fourth-order valence-corrected chi connectivity index (χ4v) is 4.96. The van der Waals surface area contributed by atoms with Crippen molar-refractivity contribution in [3.05, 3.63) is 35.8 Å². The van der Waals surface area contributed by atoms with E-state index in [9.17, 15) is 14.4 Å². The van der Waals surface area contributed by atoms with E-state index in [0.717, 1.165) is 6.42 Å². The molecule has 1 aliphatic carbocycles. The van der Waals surface area contributed by atoms with Crippen LogP contribution in [0.4, 0.5) is 0 Å². The van der Waals surface area contributed by atoms with Crippen molar-refractivity contribution in [1.82, 2.24) is 24.9 Å². The molecule has 0 radical (unpaired) electrons. The molecule has 2 atom stereocenters.